The Hall–Kier alpha value is -2.74. The van der Waals surface area contributed by atoms with Crippen LogP contribution in [0.15, 0.2) is 40.9 Å². The molecular formula is C20H22BrNO6. The molecule has 0 heterocycles. The normalized spacial score (nSPS) is 11.3. The van der Waals surface area contributed by atoms with Crippen LogP contribution in [0.4, 0.5) is 0 Å². The topological polar surface area (TPSA) is 83.1 Å². The molecule has 0 spiro atoms. The van der Waals surface area contributed by atoms with Gasteiger partial charge in [0.25, 0.3) is 5.91 Å². The summed E-state index contributed by atoms with van der Waals surface area (Å²) in [6, 6.07) is 10.5. The highest BCUT2D eigenvalue weighted by molar-refractivity contribution is 9.10. The number of benzene rings is 2. The second-order valence-electron chi connectivity index (χ2n) is 5.79. The van der Waals surface area contributed by atoms with Crippen LogP contribution in [0.1, 0.15) is 24.2 Å². The van der Waals surface area contributed by atoms with Gasteiger partial charge in [-0.1, -0.05) is 28.1 Å². The van der Waals surface area contributed by atoms with Crippen molar-refractivity contribution in [2.75, 3.05) is 21.3 Å². The van der Waals surface area contributed by atoms with Gasteiger partial charge in [-0.25, -0.2) is 0 Å². The highest BCUT2D eigenvalue weighted by atomic mass is 79.9. The lowest BCUT2D eigenvalue weighted by atomic mass is 10.1. The van der Waals surface area contributed by atoms with Crippen molar-refractivity contribution in [1.82, 2.24) is 5.32 Å². The van der Waals surface area contributed by atoms with Gasteiger partial charge in [0.05, 0.1) is 21.3 Å². The Bertz CT molecular complexity index is 812. The summed E-state index contributed by atoms with van der Waals surface area (Å²) in [5.74, 6) is 0.445. The molecule has 1 atom stereocenters. The van der Waals surface area contributed by atoms with Crippen LogP contribution in [0.3, 0.4) is 0 Å². The molecule has 0 bridgehead atoms. The first-order valence-electron chi connectivity index (χ1n) is 8.38. The molecule has 150 valence electrons. The van der Waals surface area contributed by atoms with Crippen molar-refractivity contribution in [3.05, 3.63) is 52.0 Å². The number of hydrogen-bond acceptors (Lipinski definition) is 6. The van der Waals surface area contributed by atoms with Gasteiger partial charge in [0, 0.05) is 23.5 Å². The molecule has 1 unspecified atom stereocenters. The predicted molar refractivity (Wildman–Crippen MR) is 107 cm³/mol. The number of nitrogens with one attached hydrogen (secondary N) is 1. The zero-order valence-electron chi connectivity index (χ0n) is 16.1. The van der Waals surface area contributed by atoms with Crippen LogP contribution in [-0.2, 0) is 20.9 Å². The predicted octanol–water partition coefficient (Wildman–Crippen LogP) is 3.40. The minimum Gasteiger partial charge on any atom is -0.493 e. The van der Waals surface area contributed by atoms with E-state index in [1.807, 2.05) is 0 Å². The molecule has 8 heteroatoms. The largest absolute Gasteiger partial charge is 0.493 e. The molecule has 2 aromatic rings. The molecule has 0 aliphatic carbocycles. The third-order valence-corrected chi connectivity index (χ3v) is 4.41. The number of carbonyl (C=O) groups excluding carboxylic acids is 2. The van der Waals surface area contributed by atoms with E-state index in [-0.39, 0.29) is 6.54 Å². The fourth-order valence-electron chi connectivity index (χ4n) is 2.60. The Labute approximate surface area is 172 Å². The van der Waals surface area contributed by atoms with Gasteiger partial charge in [0.2, 0.25) is 11.9 Å². The first-order chi connectivity index (χ1) is 13.4. The number of hydrogen-bond donors (Lipinski definition) is 1. The third kappa shape index (κ3) is 5.39. The average molecular weight is 452 g/mol. The maximum Gasteiger partial charge on any atom is 0.303 e. The number of carbonyl (C=O) groups is 2. The zero-order valence-corrected chi connectivity index (χ0v) is 17.7. The molecule has 7 nitrogen and oxygen atoms in total. The highest BCUT2D eigenvalue weighted by Gasteiger charge is 2.24. The Morgan fingerprint density at radius 1 is 1.00 bits per heavy atom. The summed E-state index contributed by atoms with van der Waals surface area (Å²) in [5.41, 5.74) is 1.31. The van der Waals surface area contributed by atoms with Crippen molar-refractivity contribution < 1.29 is 28.5 Å². The van der Waals surface area contributed by atoms with Crippen molar-refractivity contribution in [2.24, 2.45) is 0 Å². The number of esters is 1. The summed E-state index contributed by atoms with van der Waals surface area (Å²) in [4.78, 5) is 24.1. The van der Waals surface area contributed by atoms with Crippen LogP contribution in [0.5, 0.6) is 17.2 Å². The molecule has 1 amide bonds. The third-order valence-electron chi connectivity index (χ3n) is 3.89. The lowest BCUT2D eigenvalue weighted by Crippen LogP contribution is -2.31. The molecule has 2 rings (SSSR count). The molecule has 28 heavy (non-hydrogen) atoms. The van der Waals surface area contributed by atoms with E-state index in [4.69, 9.17) is 18.9 Å². The van der Waals surface area contributed by atoms with Crippen molar-refractivity contribution in [3.8, 4) is 17.2 Å². The fourth-order valence-corrected chi connectivity index (χ4v) is 2.86. The van der Waals surface area contributed by atoms with E-state index in [0.717, 1.165) is 10.0 Å². The summed E-state index contributed by atoms with van der Waals surface area (Å²) in [6.07, 6.45) is -1.05. The molecule has 2 aromatic carbocycles. The summed E-state index contributed by atoms with van der Waals surface area (Å²) in [6.45, 7) is 1.45. The van der Waals surface area contributed by atoms with Gasteiger partial charge in [-0.3, -0.25) is 9.59 Å². The number of amides is 1. The lowest BCUT2D eigenvalue weighted by Gasteiger charge is -2.18. The molecule has 0 aromatic heterocycles. The van der Waals surface area contributed by atoms with Crippen molar-refractivity contribution in [3.63, 3.8) is 0 Å². The van der Waals surface area contributed by atoms with Gasteiger partial charge in [0.1, 0.15) is 0 Å². The van der Waals surface area contributed by atoms with Gasteiger partial charge in [-0.2, -0.15) is 0 Å². The van der Waals surface area contributed by atoms with Crippen molar-refractivity contribution in [2.45, 2.75) is 19.6 Å². The summed E-state index contributed by atoms with van der Waals surface area (Å²) in [5, 5.41) is 2.78. The second-order valence-corrected chi connectivity index (χ2v) is 6.71. The van der Waals surface area contributed by atoms with Gasteiger partial charge < -0.3 is 24.3 Å². The summed E-state index contributed by atoms with van der Waals surface area (Å²) >= 11 is 3.34. The van der Waals surface area contributed by atoms with E-state index < -0.39 is 18.0 Å². The maximum absolute atomic E-state index is 12.7. The molecule has 0 aliphatic heterocycles. The molecular weight excluding hydrogens is 430 g/mol. The highest BCUT2D eigenvalue weighted by Crippen LogP contribution is 2.38. The minimum atomic E-state index is -1.05. The van der Waals surface area contributed by atoms with Gasteiger partial charge >= 0.3 is 5.97 Å². The van der Waals surface area contributed by atoms with Crippen molar-refractivity contribution >= 4 is 27.8 Å². The van der Waals surface area contributed by atoms with Crippen LogP contribution in [0.25, 0.3) is 0 Å². The number of ether oxygens (including phenoxy) is 4. The lowest BCUT2D eigenvalue weighted by molar-refractivity contribution is -0.154. The Kier molecular flexibility index (Phi) is 7.69. The van der Waals surface area contributed by atoms with Gasteiger partial charge in [0.15, 0.2) is 11.5 Å². The van der Waals surface area contributed by atoms with Crippen LogP contribution >= 0.6 is 15.9 Å². The molecule has 0 saturated heterocycles. The monoisotopic (exact) mass is 451 g/mol. The first-order valence-corrected chi connectivity index (χ1v) is 9.18. The second kappa shape index (κ2) is 9.98. The number of halogens is 1. The van der Waals surface area contributed by atoms with Crippen molar-refractivity contribution in [1.29, 1.82) is 0 Å². The molecule has 0 radical (unpaired) electrons. The molecule has 0 saturated carbocycles. The SMILES string of the molecule is COc1cc(CNC(=O)C(OC(C)=O)c2ccc(Br)cc2)cc(OC)c1OC. The Morgan fingerprint density at radius 3 is 2.04 bits per heavy atom. The fraction of sp³-hybridized carbons (Fsp3) is 0.300. The van der Waals surface area contributed by atoms with E-state index in [1.165, 1.54) is 28.3 Å². The smallest absolute Gasteiger partial charge is 0.303 e. The molecule has 0 aliphatic rings. The standard InChI is InChI=1S/C20H22BrNO6/c1-12(23)28-18(14-5-7-15(21)8-6-14)20(24)22-11-13-9-16(25-2)19(27-4)17(10-13)26-3/h5-10,18H,11H2,1-4H3,(H,22,24). The van der Waals surface area contributed by atoms with Gasteiger partial charge in [-0.15, -0.1) is 0 Å². The van der Waals surface area contributed by atoms with E-state index in [2.05, 4.69) is 21.2 Å². The Balaban J connectivity index is 2.20. The quantitative estimate of drug-likeness (QED) is 0.619. The van der Waals surface area contributed by atoms with E-state index in [1.54, 1.807) is 36.4 Å². The molecule has 0 fully saturated rings. The number of rotatable bonds is 8. The van der Waals surface area contributed by atoms with Crippen LogP contribution in [0, 0.1) is 0 Å². The van der Waals surface area contributed by atoms with Crippen LogP contribution < -0.4 is 19.5 Å². The Morgan fingerprint density at radius 2 is 1.57 bits per heavy atom. The number of methoxy groups -OCH3 is 3. The zero-order chi connectivity index (χ0) is 20.7. The molecule has 1 N–H and O–H groups in total. The first kappa shape index (κ1) is 21.6. The average Bonchev–Trinajstić information content (AvgIpc) is 2.69. The summed E-state index contributed by atoms with van der Waals surface area (Å²) in [7, 11) is 4.55. The van der Waals surface area contributed by atoms with E-state index >= 15 is 0 Å². The van der Waals surface area contributed by atoms with Crippen LogP contribution in [-0.4, -0.2) is 33.2 Å². The van der Waals surface area contributed by atoms with Gasteiger partial charge in [-0.05, 0) is 29.8 Å². The van der Waals surface area contributed by atoms with E-state index in [0.29, 0.717) is 22.8 Å². The van der Waals surface area contributed by atoms with E-state index in [9.17, 15) is 9.59 Å². The van der Waals surface area contributed by atoms with Crippen LogP contribution in [0.2, 0.25) is 0 Å². The minimum absolute atomic E-state index is 0.184. The maximum atomic E-state index is 12.7. The summed E-state index contributed by atoms with van der Waals surface area (Å²) < 4.78 is 22.0.